The first-order chi connectivity index (χ1) is 13.1. The Morgan fingerprint density at radius 1 is 1.11 bits per heavy atom. The Kier molecular flexibility index (Phi) is 7.05. The molecule has 1 fully saturated rings. The topological polar surface area (TPSA) is 76.1 Å². The zero-order chi connectivity index (χ0) is 20.9. The summed E-state index contributed by atoms with van der Waals surface area (Å²) < 4.78 is 10.8. The molecular formula is C21H30N2O5. The summed E-state index contributed by atoms with van der Waals surface area (Å²) in [6.07, 6.45) is -0.255. The molecule has 0 radical (unpaired) electrons. The van der Waals surface area contributed by atoms with E-state index in [1.165, 1.54) is 4.90 Å². The van der Waals surface area contributed by atoms with Crippen LogP contribution in [0.3, 0.4) is 0 Å². The van der Waals surface area contributed by atoms with Crippen molar-refractivity contribution in [1.29, 1.82) is 0 Å². The largest absolute Gasteiger partial charge is 0.452 e. The van der Waals surface area contributed by atoms with Crippen LogP contribution >= 0.6 is 0 Å². The predicted molar refractivity (Wildman–Crippen MR) is 106 cm³/mol. The maximum atomic E-state index is 12.5. The Morgan fingerprint density at radius 3 is 2.21 bits per heavy atom. The summed E-state index contributed by atoms with van der Waals surface area (Å²) in [5, 5.41) is 0. The third kappa shape index (κ3) is 5.97. The quantitative estimate of drug-likeness (QED) is 0.738. The number of nitrogens with zero attached hydrogens (tertiary/aromatic N) is 2. The van der Waals surface area contributed by atoms with Crippen molar-refractivity contribution in [3.8, 4) is 0 Å². The van der Waals surface area contributed by atoms with Gasteiger partial charge in [-0.05, 0) is 52.7 Å². The lowest BCUT2D eigenvalue weighted by molar-refractivity contribution is -0.159. The molecule has 7 heteroatoms. The van der Waals surface area contributed by atoms with Gasteiger partial charge in [0.1, 0.15) is 5.60 Å². The standard InChI is InChI=1S/C21H30N2O5/c1-15(18(24)22(5)17-9-7-6-8-10-17)27-19(25)16-11-13-23(14-12-16)20(26)28-21(2,3)4/h6-10,15-16H,11-14H2,1-5H3/t15-/m1/s1. The molecule has 1 aliphatic rings. The van der Waals surface area contributed by atoms with Crippen LogP contribution in [-0.4, -0.2) is 54.7 Å². The number of carbonyl (C=O) groups excluding carboxylic acids is 3. The molecule has 0 N–H and O–H groups in total. The fraction of sp³-hybridized carbons (Fsp3) is 0.571. The van der Waals surface area contributed by atoms with Crippen LogP contribution in [0, 0.1) is 5.92 Å². The molecule has 1 atom stereocenters. The zero-order valence-electron chi connectivity index (χ0n) is 17.3. The maximum Gasteiger partial charge on any atom is 0.410 e. The molecule has 1 aliphatic heterocycles. The van der Waals surface area contributed by atoms with E-state index in [2.05, 4.69) is 0 Å². The van der Waals surface area contributed by atoms with Crippen LogP contribution in [-0.2, 0) is 19.1 Å². The third-order valence-corrected chi connectivity index (χ3v) is 4.59. The molecule has 0 aliphatic carbocycles. The van der Waals surface area contributed by atoms with Crippen molar-refractivity contribution in [2.24, 2.45) is 5.92 Å². The number of hydrogen-bond donors (Lipinski definition) is 0. The average molecular weight is 390 g/mol. The lowest BCUT2D eigenvalue weighted by Crippen LogP contribution is -2.44. The Balaban J connectivity index is 1.83. The summed E-state index contributed by atoms with van der Waals surface area (Å²) in [5.41, 5.74) is 0.189. The molecule has 1 heterocycles. The van der Waals surface area contributed by atoms with E-state index in [-0.39, 0.29) is 17.9 Å². The number of likely N-dealkylation sites (tertiary alicyclic amines) is 1. The third-order valence-electron chi connectivity index (χ3n) is 4.59. The van der Waals surface area contributed by atoms with Crippen molar-refractivity contribution in [2.75, 3.05) is 25.0 Å². The van der Waals surface area contributed by atoms with Gasteiger partial charge in [0.2, 0.25) is 0 Å². The minimum atomic E-state index is -0.874. The van der Waals surface area contributed by atoms with Crippen molar-refractivity contribution >= 4 is 23.7 Å². The van der Waals surface area contributed by atoms with Gasteiger partial charge in [0.15, 0.2) is 6.10 Å². The Bertz CT molecular complexity index is 690. The fourth-order valence-electron chi connectivity index (χ4n) is 3.00. The molecule has 0 spiro atoms. The average Bonchev–Trinajstić information content (AvgIpc) is 2.66. The van der Waals surface area contributed by atoms with Gasteiger partial charge >= 0.3 is 12.1 Å². The van der Waals surface area contributed by atoms with Crippen molar-refractivity contribution in [3.05, 3.63) is 30.3 Å². The minimum absolute atomic E-state index is 0.286. The van der Waals surface area contributed by atoms with E-state index in [0.29, 0.717) is 25.9 Å². The van der Waals surface area contributed by atoms with Gasteiger partial charge in [-0.3, -0.25) is 9.59 Å². The van der Waals surface area contributed by atoms with Crippen molar-refractivity contribution in [1.82, 2.24) is 4.90 Å². The van der Waals surface area contributed by atoms with Crippen molar-refractivity contribution < 1.29 is 23.9 Å². The van der Waals surface area contributed by atoms with Gasteiger partial charge in [-0.2, -0.15) is 0 Å². The monoisotopic (exact) mass is 390 g/mol. The number of ether oxygens (including phenoxy) is 2. The molecule has 0 aromatic heterocycles. The summed E-state index contributed by atoms with van der Waals surface area (Å²) in [4.78, 5) is 40.1. The van der Waals surface area contributed by atoms with Gasteiger partial charge in [-0.1, -0.05) is 18.2 Å². The summed E-state index contributed by atoms with van der Waals surface area (Å²) >= 11 is 0. The number of benzene rings is 1. The van der Waals surface area contributed by atoms with Crippen LogP contribution in [0.4, 0.5) is 10.5 Å². The van der Waals surface area contributed by atoms with Gasteiger partial charge in [0, 0.05) is 25.8 Å². The minimum Gasteiger partial charge on any atom is -0.452 e. The van der Waals surface area contributed by atoms with Crippen molar-refractivity contribution in [2.45, 2.75) is 52.2 Å². The molecule has 2 rings (SSSR count). The molecule has 28 heavy (non-hydrogen) atoms. The number of rotatable bonds is 4. The smallest absolute Gasteiger partial charge is 0.410 e. The van der Waals surface area contributed by atoms with Gasteiger partial charge in [0.25, 0.3) is 5.91 Å². The number of piperidine rings is 1. The molecule has 1 saturated heterocycles. The lowest BCUT2D eigenvalue weighted by atomic mass is 9.97. The van der Waals surface area contributed by atoms with Crippen LogP contribution in [0.2, 0.25) is 0 Å². The number of anilines is 1. The highest BCUT2D eigenvalue weighted by Gasteiger charge is 2.32. The van der Waals surface area contributed by atoms with Crippen LogP contribution in [0.15, 0.2) is 30.3 Å². The second-order valence-corrected chi connectivity index (χ2v) is 8.05. The van der Waals surface area contributed by atoms with E-state index in [9.17, 15) is 14.4 Å². The highest BCUT2D eigenvalue weighted by atomic mass is 16.6. The zero-order valence-corrected chi connectivity index (χ0v) is 17.3. The highest BCUT2D eigenvalue weighted by Crippen LogP contribution is 2.22. The number of likely N-dealkylation sites (N-methyl/N-ethyl adjacent to an activating group) is 1. The summed E-state index contributed by atoms with van der Waals surface area (Å²) in [7, 11) is 1.65. The summed E-state index contributed by atoms with van der Waals surface area (Å²) in [6, 6.07) is 9.19. The Hall–Kier alpha value is -2.57. The van der Waals surface area contributed by atoms with Crippen molar-refractivity contribution in [3.63, 3.8) is 0 Å². The number of carbonyl (C=O) groups is 3. The van der Waals surface area contributed by atoms with Crippen LogP contribution < -0.4 is 4.90 Å². The predicted octanol–water partition coefficient (Wildman–Crippen LogP) is 3.23. The van der Waals surface area contributed by atoms with E-state index in [1.54, 1.807) is 18.9 Å². The van der Waals surface area contributed by atoms with Gasteiger partial charge in [-0.25, -0.2) is 4.79 Å². The van der Waals surface area contributed by atoms with E-state index >= 15 is 0 Å². The molecular weight excluding hydrogens is 360 g/mol. The van der Waals surface area contributed by atoms with Crippen LogP contribution in [0.5, 0.6) is 0 Å². The van der Waals surface area contributed by atoms with Gasteiger partial charge in [0.05, 0.1) is 5.92 Å². The molecule has 154 valence electrons. The van der Waals surface area contributed by atoms with Gasteiger partial charge in [-0.15, -0.1) is 0 Å². The molecule has 0 unspecified atom stereocenters. The van der Waals surface area contributed by atoms with E-state index in [4.69, 9.17) is 9.47 Å². The van der Waals surface area contributed by atoms with Crippen LogP contribution in [0.1, 0.15) is 40.5 Å². The second-order valence-electron chi connectivity index (χ2n) is 8.05. The number of esters is 1. The van der Waals surface area contributed by atoms with E-state index in [1.807, 2.05) is 51.1 Å². The molecule has 2 amide bonds. The highest BCUT2D eigenvalue weighted by molar-refractivity contribution is 5.96. The molecule has 7 nitrogen and oxygen atoms in total. The second kappa shape index (κ2) is 9.08. The SMILES string of the molecule is C[C@@H](OC(=O)C1CCN(C(=O)OC(C)(C)C)CC1)C(=O)N(C)c1ccccc1. The Morgan fingerprint density at radius 2 is 1.68 bits per heavy atom. The summed E-state index contributed by atoms with van der Waals surface area (Å²) in [6.45, 7) is 7.90. The first-order valence-corrected chi connectivity index (χ1v) is 9.59. The lowest BCUT2D eigenvalue weighted by Gasteiger charge is -2.33. The number of amides is 2. The van der Waals surface area contributed by atoms with E-state index in [0.717, 1.165) is 5.69 Å². The molecule has 1 aromatic carbocycles. The fourth-order valence-corrected chi connectivity index (χ4v) is 3.00. The first-order valence-electron chi connectivity index (χ1n) is 9.59. The molecule has 1 aromatic rings. The number of para-hydroxylation sites is 1. The normalized spacial score (nSPS) is 16.2. The molecule has 0 saturated carbocycles. The number of hydrogen-bond acceptors (Lipinski definition) is 5. The van der Waals surface area contributed by atoms with Crippen LogP contribution in [0.25, 0.3) is 0 Å². The first kappa shape index (κ1) is 21.7. The maximum absolute atomic E-state index is 12.5. The molecule has 0 bridgehead atoms. The summed E-state index contributed by atoms with van der Waals surface area (Å²) in [5.74, 6) is -1.01. The Labute approximate surface area is 166 Å². The van der Waals surface area contributed by atoms with E-state index < -0.39 is 17.7 Å². The van der Waals surface area contributed by atoms with Gasteiger partial charge < -0.3 is 19.3 Å².